The Labute approximate surface area is 87.7 Å². The van der Waals surface area contributed by atoms with Crippen LogP contribution < -0.4 is 0 Å². The summed E-state index contributed by atoms with van der Waals surface area (Å²) in [6.45, 7) is 5.71. The zero-order valence-electron chi connectivity index (χ0n) is 8.38. The first kappa shape index (κ1) is 13.2. The molecule has 0 unspecified atom stereocenters. The molecular formula is C9H18ClO2Si. The molecule has 0 spiro atoms. The Morgan fingerprint density at radius 1 is 1.15 bits per heavy atom. The van der Waals surface area contributed by atoms with Gasteiger partial charge in [-0.3, -0.25) is 0 Å². The van der Waals surface area contributed by atoms with Crippen LogP contribution in [0.4, 0.5) is 0 Å². The molecule has 1 radical (unpaired) electrons. The summed E-state index contributed by atoms with van der Waals surface area (Å²) in [5, 5.41) is 0. The normalized spacial score (nSPS) is 11.7. The molecule has 0 aromatic carbocycles. The van der Waals surface area contributed by atoms with Crippen LogP contribution in [-0.4, -0.2) is 28.4 Å². The van der Waals surface area contributed by atoms with E-state index in [1.54, 1.807) is 0 Å². The molecule has 0 saturated heterocycles. The van der Waals surface area contributed by atoms with Crippen molar-refractivity contribution in [1.82, 2.24) is 0 Å². The standard InChI is InChI=1S/C9H18ClO2Si/c1-3-7-11-13(9-5-6-10)12-8-4-2/h5,9H,3-4,6-8H2,1-2H3. The van der Waals surface area contributed by atoms with Crippen LogP contribution in [0.5, 0.6) is 0 Å². The highest BCUT2D eigenvalue weighted by Crippen LogP contribution is 1.96. The topological polar surface area (TPSA) is 18.5 Å². The first-order chi connectivity index (χ1) is 6.35. The van der Waals surface area contributed by atoms with E-state index in [4.69, 9.17) is 20.5 Å². The van der Waals surface area contributed by atoms with E-state index in [1.807, 2.05) is 11.8 Å². The fourth-order valence-corrected chi connectivity index (χ4v) is 2.32. The fourth-order valence-electron chi connectivity index (χ4n) is 0.684. The van der Waals surface area contributed by atoms with Crippen molar-refractivity contribution in [1.29, 1.82) is 0 Å². The van der Waals surface area contributed by atoms with E-state index in [0.717, 1.165) is 26.1 Å². The SMILES string of the molecule is CCCO[Si](C=CCCl)OCCC. The van der Waals surface area contributed by atoms with E-state index < -0.39 is 9.28 Å². The first-order valence-corrected chi connectivity index (χ1v) is 6.63. The third kappa shape index (κ3) is 8.50. The predicted molar refractivity (Wildman–Crippen MR) is 58.1 cm³/mol. The van der Waals surface area contributed by atoms with Gasteiger partial charge in [-0.25, -0.2) is 0 Å². The Kier molecular flexibility index (Phi) is 10.4. The predicted octanol–water partition coefficient (Wildman–Crippen LogP) is 2.66. The summed E-state index contributed by atoms with van der Waals surface area (Å²) in [7, 11) is -1.20. The van der Waals surface area contributed by atoms with Gasteiger partial charge in [0.1, 0.15) is 0 Å². The van der Waals surface area contributed by atoms with Crippen molar-refractivity contribution in [2.45, 2.75) is 26.7 Å². The highest BCUT2D eigenvalue weighted by molar-refractivity contribution is 6.50. The molecule has 0 bridgehead atoms. The Hall–Kier alpha value is 0.167. The lowest BCUT2D eigenvalue weighted by molar-refractivity contribution is 0.206. The minimum atomic E-state index is -1.20. The lowest BCUT2D eigenvalue weighted by Gasteiger charge is -2.10. The number of halogens is 1. The van der Waals surface area contributed by atoms with Crippen molar-refractivity contribution in [3.63, 3.8) is 0 Å². The summed E-state index contributed by atoms with van der Waals surface area (Å²) in [5.41, 5.74) is 1.96. The minimum Gasteiger partial charge on any atom is -0.390 e. The molecule has 0 heterocycles. The molecule has 0 aliphatic heterocycles. The van der Waals surface area contributed by atoms with Crippen molar-refractivity contribution >= 4 is 20.9 Å². The number of allylic oxidation sites excluding steroid dienone is 1. The largest absolute Gasteiger partial charge is 0.415 e. The van der Waals surface area contributed by atoms with Gasteiger partial charge in [0.25, 0.3) is 0 Å². The fraction of sp³-hybridized carbons (Fsp3) is 0.778. The van der Waals surface area contributed by atoms with E-state index >= 15 is 0 Å². The third-order valence-electron chi connectivity index (χ3n) is 1.24. The van der Waals surface area contributed by atoms with Crippen LogP contribution in [0.25, 0.3) is 0 Å². The van der Waals surface area contributed by atoms with Crippen LogP contribution in [0.1, 0.15) is 26.7 Å². The zero-order chi connectivity index (χ0) is 9.94. The van der Waals surface area contributed by atoms with Gasteiger partial charge >= 0.3 is 9.28 Å². The van der Waals surface area contributed by atoms with Crippen molar-refractivity contribution in [2.24, 2.45) is 0 Å². The second kappa shape index (κ2) is 10.2. The molecule has 0 atom stereocenters. The van der Waals surface area contributed by atoms with Crippen LogP contribution in [0.2, 0.25) is 0 Å². The van der Waals surface area contributed by atoms with Crippen molar-refractivity contribution in [2.75, 3.05) is 19.1 Å². The summed E-state index contributed by atoms with van der Waals surface area (Å²) in [6.07, 6.45) is 3.94. The van der Waals surface area contributed by atoms with Gasteiger partial charge in [-0.15, -0.1) is 11.6 Å². The molecular weight excluding hydrogens is 204 g/mol. The number of alkyl halides is 1. The van der Waals surface area contributed by atoms with Gasteiger partial charge in [0.15, 0.2) is 0 Å². The molecule has 13 heavy (non-hydrogen) atoms. The van der Waals surface area contributed by atoms with Crippen LogP contribution in [0.15, 0.2) is 11.8 Å². The van der Waals surface area contributed by atoms with Crippen molar-refractivity contribution < 1.29 is 8.85 Å². The van der Waals surface area contributed by atoms with Crippen LogP contribution in [0, 0.1) is 0 Å². The molecule has 0 aromatic rings. The summed E-state index contributed by atoms with van der Waals surface area (Å²) < 4.78 is 11.1. The smallest absolute Gasteiger partial charge is 0.390 e. The summed E-state index contributed by atoms with van der Waals surface area (Å²) in [6, 6.07) is 0. The third-order valence-corrected chi connectivity index (χ3v) is 2.90. The van der Waals surface area contributed by atoms with Crippen molar-refractivity contribution in [3.05, 3.63) is 11.8 Å². The minimum absolute atomic E-state index is 0.527. The molecule has 0 aromatic heterocycles. The van der Waals surface area contributed by atoms with E-state index in [2.05, 4.69) is 13.8 Å². The molecule has 0 amide bonds. The summed E-state index contributed by atoms with van der Waals surface area (Å²) in [4.78, 5) is 0. The van der Waals surface area contributed by atoms with Crippen LogP contribution in [0.3, 0.4) is 0 Å². The second-order valence-corrected chi connectivity index (χ2v) is 4.43. The first-order valence-electron chi connectivity index (χ1n) is 4.70. The Bertz CT molecular complexity index is 123. The highest BCUT2D eigenvalue weighted by Gasteiger charge is 2.09. The van der Waals surface area contributed by atoms with E-state index in [-0.39, 0.29) is 0 Å². The van der Waals surface area contributed by atoms with Gasteiger partial charge in [-0.05, 0) is 18.5 Å². The van der Waals surface area contributed by atoms with E-state index in [1.165, 1.54) is 0 Å². The monoisotopic (exact) mass is 221 g/mol. The maximum Gasteiger partial charge on any atom is 0.415 e. The van der Waals surface area contributed by atoms with Gasteiger partial charge in [0.2, 0.25) is 0 Å². The van der Waals surface area contributed by atoms with Gasteiger partial charge in [0, 0.05) is 19.1 Å². The number of hydrogen-bond donors (Lipinski definition) is 0. The van der Waals surface area contributed by atoms with E-state index in [0.29, 0.717) is 5.88 Å². The summed E-state index contributed by atoms with van der Waals surface area (Å²) >= 11 is 5.53. The molecule has 0 saturated carbocycles. The van der Waals surface area contributed by atoms with Gasteiger partial charge in [-0.2, -0.15) is 0 Å². The average molecular weight is 222 g/mol. The van der Waals surface area contributed by atoms with Gasteiger partial charge in [-0.1, -0.05) is 19.9 Å². The lowest BCUT2D eigenvalue weighted by atomic mass is 10.5. The molecule has 2 nitrogen and oxygen atoms in total. The lowest BCUT2D eigenvalue weighted by Crippen LogP contribution is -2.21. The molecule has 0 rings (SSSR count). The Balaban J connectivity index is 3.66. The quantitative estimate of drug-likeness (QED) is 0.464. The second-order valence-electron chi connectivity index (χ2n) is 2.57. The zero-order valence-corrected chi connectivity index (χ0v) is 10.1. The number of rotatable bonds is 8. The summed E-state index contributed by atoms with van der Waals surface area (Å²) in [5.74, 6) is 0.527. The molecule has 0 N–H and O–H groups in total. The molecule has 0 aliphatic carbocycles. The highest BCUT2D eigenvalue weighted by atomic mass is 35.5. The van der Waals surface area contributed by atoms with Gasteiger partial charge in [0.05, 0.1) is 0 Å². The molecule has 77 valence electrons. The maximum absolute atomic E-state index is 5.53. The van der Waals surface area contributed by atoms with Crippen LogP contribution in [-0.2, 0) is 8.85 Å². The van der Waals surface area contributed by atoms with Crippen LogP contribution >= 0.6 is 11.6 Å². The molecule has 0 aliphatic rings. The number of hydrogen-bond acceptors (Lipinski definition) is 2. The maximum atomic E-state index is 5.53. The average Bonchev–Trinajstić information content (AvgIpc) is 2.17. The molecule has 0 fully saturated rings. The molecule has 4 heteroatoms. The van der Waals surface area contributed by atoms with E-state index in [9.17, 15) is 0 Å². The Morgan fingerprint density at radius 3 is 2.08 bits per heavy atom. The van der Waals surface area contributed by atoms with Crippen molar-refractivity contribution in [3.8, 4) is 0 Å². The van der Waals surface area contributed by atoms with Gasteiger partial charge < -0.3 is 8.85 Å². The Morgan fingerprint density at radius 2 is 1.69 bits per heavy atom.